The molecule has 3 saturated carbocycles. The topological polar surface area (TPSA) is 108 Å². The Balaban J connectivity index is 1.51. The Morgan fingerprint density at radius 2 is 1.41 bits per heavy atom. The fourth-order valence-corrected chi connectivity index (χ4v) is 6.33. The van der Waals surface area contributed by atoms with Crippen LogP contribution >= 0.6 is 0 Å². The van der Waals surface area contributed by atoms with E-state index >= 15 is 0 Å². The van der Waals surface area contributed by atoms with Gasteiger partial charge in [-0.05, 0) is 74.7 Å². The zero-order valence-electron chi connectivity index (χ0n) is 16.6. The van der Waals surface area contributed by atoms with Crippen molar-refractivity contribution in [1.29, 1.82) is 0 Å². The van der Waals surface area contributed by atoms with Gasteiger partial charge in [-0.3, -0.25) is 5.32 Å². The summed E-state index contributed by atoms with van der Waals surface area (Å²) in [5, 5.41) is 32.2. The van der Waals surface area contributed by atoms with Gasteiger partial charge in [-0.25, -0.2) is 0 Å². The van der Waals surface area contributed by atoms with E-state index in [0.29, 0.717) is 25.5 Å². The molecule has 0 aliphatic heterocycles. The molecule has 0 aromatic carbocycles. The molecule has 6 N–H and O–H groups in total. The van der Waals surface area contributed by atoms with E-state index in [1.165, 1.54) is 51.4 Å². The van der Waals surface area contributed by atoms with Gasteiger partial charge in [0.2, 0.25) is 6.41 Å². The van der Waals surface area contributed by atoms with Gasteiger partial charge in [-0.2, -0.15) is 0 Å². The Morgan fingerprint density at radius 1 is 0.852 bits per heavy atom. The van der Waals surface area contributed by atoms with Crippen LogP contribution in [0.2, 0.25) is 0 Å². The van der Waals surface area contributed by atoms with E-state index in [-0.39, 0.29) is 0 Å². The molecule has 0 aromatic rings. The fraction of sp³-hybridized carbons (Fsp3) is 1.00. The smallest absolute Gasteiger partial charge is 0.213 e. The Hall–Kier alpha value is -0.240. The molecule has 0 heterocycles. The zero-order valence-corrected chi connectivity index (χ0v) is 16.6. The van der Waals surface area contributed by atoms with Crippen LogP contribution < -0.4 is 11.1 Å². The van der Waals surface area contributed by atoms with Crippen LogP contribution in [0.15, 0.2) is 0 Å². The average molecular weight is 385 g/mol. The fourth-order valence-electron chi connectivity index (χ4n) is 6.33. The number of rotatable bonds is 10. The van der Waals surface area contributed by atoms with Crippen molar-refractivity contribution < 1.29 is 20.1 Å². The first-order chi connectivity index (χ1) is 13.1. The standard InChI is InChI=1S/C21H40N2O4/c22-12-6-5-11-19(20(24)25)23-21(26)27-13-18-16-9-3-1-7-14(16)15-8-2-4-10-17(15)18/h14-21,23-26H,1-13,22H2/t14-,15?,16?,17?,18?,19?,21?/m0/s1. The second kappa shape index (κ2) is 10.5. The van der Waals surface area contributed by atoms with Crippen LogP contribution in [0.4, 0.5) is 0 Å². The molecule has 0 spiro atoms. The minimum absolute atomic E-state index is 0.548. The number of nitrogens with one attached hydrogen (secondary N) is 1. The number of ether oxygens (including phenoxy) is 1. The van der Waals surface area contributed by atoms with Gasteiger partial charge in [0, 0.05) is 0 Å². The van der Waals surface area contributed by atoms with Gasteiger partial charge in [-0.1, -0.05) is 32.1 Å². The Bertz CT molecular complexity index is 414. The van der Waals surface area contributed by atoms with E-state index in [0.717, 1.165) is 36.5 Å². The first-order valence-corrected chi connectivity index (χ1v) is 11.2. The van der Waals surface area contributed by atoms with Gasteiger partial charge >= 0.3 is 0 Å². The number of aliphatic hydroxyl groups is 3. The number of fused-ring (bicyclic) bond motifs is 3. The van der Waals surface area contributed by atoms with Crippen molar-refractivity contribution in [2.45, 2.75) is 89.4 Å². The highest BCUT2D eigenvalue weighted by molar-refractivity contribution is 4.99. The summed E-state index contributed by atoms with van der Waals surface area (Å²) in [4.78, 5) is 0. The first kappa shape index (κ1) is 21.5. The molecule has 0 saturated heterocycles. The molecule has 158 valence electrons. The van der Waals surface area contributed by atoms with Crippen molar-refractivity contribution in [3.63, 3.8) is 0 Å². The summed E-state index contributed by atoms with van der Waals surface area (Å²) in [5.41, 5.74) is 5.50. The second-order valence-electron chi connectivity index (χ2n) is 9.05. The van der Waals surface area contributed by atoms with Gasteiger partial charge < -0.3 is 25.8 Å². The molecule has 0 radical (unpaired) electrons. The number of hydrogen-bond donors (Lipinski definition) is 5. The number of nitrogens with two attached hydrogens (primary N) is 1. The molecule has 0 aromatic heterocycles. The molecule has 3 aliphatic carbocycles. The Morgan fingerprint density at radius 3 is 1.93 bits per heavy atom. The van der Waals surface area contributed by atoms with E-state index in [4.69, 9.17) is 10.5 Å². The molecule has 3 fully saturated rings. The van der Waals surface area contributed by atoms with E-state index in [1.54, 1.807) is 0 Å². The average Bonchev–Trinajstić information content (AvgIpc) is 2.99. The Labute approximate surface area is 163 Å². The Kier molecular flexibility index (Phi) is 8.36. The molecule has 6 heteroatoms. The van der Waals surface area contributed by atoms with Crippen LogP contribution in [0.1, 0.15) is 70.6 Å². The minimum atomic E-state index is -1.52. The van der Waals surface area contributed by atoms with Crippen molar-refractivity contribution in [3.8, 4) is 0 Å². The van der Waals surface area contributed by atoms with Gasteiger partial charge in [-0.15, -0.1) is 0 Å². The van der Waals surface area contributed by atoms with Crippen molar-refractivity contribution in [1.82, 2.24) is 5.32 Å². The third-order valence-electron chi connectivity index (χ3n) is 7.53. The second-order valence-corrected chi connectivity index (χ2v) is 9.05. The summed E-state index contributed by atoms with van der Waals surface area (Å²) in [7, 11) is 0. The maximum Gasteiger partial charge on any atom is 0.213 e. The van der Waals surface area contributed by atoms with Crippen LogP contribution in [0.3, 0.4) is 0 Å². The van der Waals surface area contributed by atoms with Gasteiger partial charge in [0.25, 0.3) is 0 Å². The van der Waals surface area contributed by atoms with E-state index in [2.05, 4.69) is 5.32 Å². The first-order valence-electron chi connectivity index (χ1n) is 11.2. The quantitative estimate of drug-likeness (QED) is 0.291. The lowest BCUT2D eigenvalue weighted by atomic mass is 9.73. The zero-order chi connectivity index (χ0) is 19.2. The monoisotopic (exact) mass is 384 g/mol. The van der Waals surface area contributed by atoms with E-state index < -0.39 is 18.7 Å². The molecule has 27 heavy (non-hydrogen) atoms. The summed E-state index contributed by atoms with van der Waals surface area (Å²) < 4.78 is 5.81. The van der Waals surface area contributed by atoms with Crippen LogP contribution in [0.25, 0.3) is 0 Å². The molecule has 3 aliphatic rings. The highest BCUT2D eigenvalue weighted by Gasteiger charge is 2.50. The number of aliphatic hydroxyl groups excluding tert-OH is 2. The van der Waals surface area contributed by atoms with Gasteiger partial charge in [0.1, 0.15) is 0 Å². The lowest BCUT2D eigenvalue weighted by Crippen LogP contribution is -2.47. The maximum absolute atomic E-state index is 10.3. The lowest BCUT2D eigenvalue weighted by Gasteiger charge is -2.32. The van der Waals surface area contributed by atoms with Crippen molar-refractivity contribution in [2.24, 2.45) is 35.3 Å². The summed E-state index contributed by atoms with van der Waals surface area (Å²) >= 11 is 0. The molecular formula is C21H40N2O4. The van der Waals surface area contributed by atoms with Crippen LogP contribution in [0, 0.1) is 29.6 Å². The van der Waals surface area contributed by atoms with Crippen molar-refractivity contribution >= 4 is 0 Å². The third kappa shape index (κ3) is 5.43. The van der Waals surface area contributed by atoms with Crippen LogP contribution in [-0.2, 0) is 4.74 Å². The highest BCUT2D eigenvalue weighted by Crippen LogP contribution is 2.57. The number of unbranched alkanes of at least 4 members (excludes halogenated alkanes) is 1. The highest BCUT2D eigenvalue weighted by atomic mass is 16.6. The molecule has 6 unspecified atom stereocenters. The summed E-state index contributed by atoms with van der Waals surface area (Å²) in [6.45, 7) is 1.16. The van der Waals surface area contributed by atoms with E-state index in [1.807, 2.05) is 0 Å². The van der Waals surface area contributed by atoms with Crippen molar-refractivity contribution in [3.05, 3.63) is 0 Å². The molecule has 0 bridgehead atoms. The van der Waals surface area contributed by atoms with E-state index in [9.17, 15) is 15.3 Å². The van der Waals surface area contributed by atoms with Gasteiger partial charge in [0.05, 0.1) is 12.6 Å². The summed E-state index contributed by atoms with van der Waals surface area (Å²) in [6, 6.07) is -0.597. The predicted octanol–water partition coefficient (Wildman–Crippen LogP) is 1.92. The summed E-state index contributed by atoms with van der Waals surface area (Å²) in [5.74, 6) is 3.79. The number of hydrogen-bond acceptors (Lipinski definition) is 6. The molecule has 0 amide bonds. The normalized spacial score (nSPS) is 35.7. The predicted molar refractivity (Wildman–Crippen MR) is 104 cm³/mol. The van der Waals surface area contributed by atoms with Crippen molar-refractivity contribution in [2.75, 3.05) is 13.2 Å². The largest absolute Gasteiger partial charge is 0.367 e. The third-order valence-corrected chi connectivity index (χ3v) is 7.53. The molecule has 6 nitrogen and oxygen atoms in total. The van der Waals surface area contributed by atoms with Crippen LogP contribution in [-0.4, -0.2) is 47.2 Å². The molecule has 3 rings (SSSR count). The minimum Gasteiger partial charge on any atom is -0.367 e. The summed E-state index contributed by atoms with van der Waals surface area (Å²) in [6.07, 6.45) is 10.3. The van der Waals surface area contributed by atoms with Crippen LogP contribution in [0.5, 0.6) is 0 Å². The van der Waals surface area contributed by atoms with Gasteiger partial charge in [0.15, 0.2) is 6.29 Å². The maximum atomic E-state index is 10.3. The molecule has 7 atom stereocenters. The lowest BCUT2D eigenvalue weighted by molar-refractivity contribution is -0.163. The SMILES string of the molecule is NCCCCC(NC(O)OCC1C2CCCCC2[C@@H]2CCCCC12)C(O)O. The molecular weight excluding hydrogens is 344 g/mol.